The molecule has 0 aliphatic carbocycles. The molecule has 0 radical (unpaired) electrons. The van der Waals surface area contributed by atoms with Crippen molar-refractivity contribution in [2.24, 2.45) is 0 Å². The second-order valence-corrected chi connectivity index (χ2v) is 5.01. The number of amides is 1. The lowest BCUT2D eigenvalue weighted by atomic mass is 10.2. The highest BCUT2D eigenvalue weighted by atomic mass is 32.2. The summed E-state index contributed by atoms with van der Waals surface area (Å²) in [5.74, 6) is -0.0742. The van der Waals surface area contributed by atoms with Gasteiger partial charge in [-0.3, -0.25) is 4.79 Å². The molecule has 1 fully saturated rings. The number of thioether (sulfide) groups is 1. The smallest absolute Gasteiger partial charge is 0.332 e. The molecule has 17 heavy (non-hydrogen) atoms. The van der Waals surface area contributed by atoms with Gasteiger partial charge in [0.05, 0.1) is 0 Å². The summed E-state index contributed by atoms with van der Waals surface area (Å²) in [6.45, 7) is 0.636. The van der Waals surface area contributed by atoms with E-state index in [9.17, 15) is 9.59 Å². The summed E-state index contributed by atoms with van der Waals surface area (Å²) in [6.07, 6.45) is 3.58. The molecule has 1 aliphatic heterocycles. The van der Waals surface area contributed by atoms with E-state index in [0.29, 0.717) is 19.4 Å². The Hall–Kier alpha value is -0.750. The van der Waals surface area contributed by atoms with Gasteiger partial charge >= 0.3 is 5.97 Å². The van der Waals surface area contributed by atoms with Gasteiger partial charge in [0.25, 0.3) is 0 Å². The van der Waals surface area contributed by atoms with Gasteiger partial charge in [0.2, 0.25) is 5.91 Å². The highest BCUT2D eigenvalue weighted by Gasteiger charge is 2.34. The fourth-order valence-corrected chi connectivity index (χ4v) is 2.20. The molecular formula is C11H19NO4S. The molecule has 1 rings (SSSR count). The number of hydrogen-bond acceptors (Lipinski definition) is 4. The first-order valence-corrected chi connectivity index (χ1v) is 7.19. The van der Waals surface area contributed by atoms with Crippen molar-refractivity contribution in [2.75, 3.05) is 18.6 Å². The lowest BCUT2D eigenvalue weighted by Crippen LogP contribution is -2.36. The van der Waals surface area contributed by atoms with Crippen LogP contribution < -0.4 is 5.32 Å². The van der Waals surface area contributed by atoms with E-state index in [-0.39, 0.29) is 5.91 Å². The molecule has 1 aliphatic rings. The van der Waals surface area contributed by atoms with Crippen molar-refractivity contribution in [1.29, 1.82) is 0 Å². The molecule has 98 valence electrons. The van der Waals surface area contributed by atoms with Crippen molar-refractivity contribution in [2.45, 2.75) is 37.9 Å². The first kappa shape index (κ1) is 14.3. The van der Waals surface area contributed by atoms with Crippen LogP contribution in [0.15, 0.2) is 0 Å². The molecule has 0 unspecified atom stereocenters. The van der Waals surface area contributed by atoms with Crippen LogP contribution in [-0.2, 0) is 14.3 Å². The maximum atomic E-state index is 11.6. The summed E-state index contributed by atoms with van der Waals surface area (Å²) < 4.78 is 5.15. The molecule has 0 saturated carbocycles. The summed E-state index contributed by atoms with van der Waals surface area (Å²) in [6, 6.07) is 0. The van der Waals surface area contributed by atoms with E-state index in [1.165, 1.54) is 0 Å². The van der Waals surface area contributed by atoms with Crippen LogP contribution in [0.4, 0.5) is 0 Å². The van der Waals surface area contributed by atoms with Crippen LogP contribution in [0.1, 0.15) is 25.7 Å². The Morgan fingerprint density at radius 1 is 1.35 bits per heavy atom. The van der Waals surface area contributed by atoms with Crippen LogP contribution in [0.3, 0.4) is 0 Å². The summed E-state index contributed by atoms with van der Waals surface area (Å²) in [5.41, 5.74) is 0. The van der Waals surface area contributed by atoms with Gasteiger partial charge < -0.3 is 15.2 Å². The van der Waals surface area contributed by atoms with Gasteiger partial charge in [-0.25, -0.2) is 4.79 Å². The third-order valence-corrected chi connectivity index (χ3v) is 3.36. The van der Waals surface area contributed by atoms with E-state index in [4.69, 9.17) is 9.84 Å². The fraction of sp³-hybridized carbons (Fsp3) is 0.818. The molecule has 2 N–H and O–H groups in total. The Morgan fingerprint density at radius 3 is 2.65 bits per heavy atom. The largest absolute Gasteiger partial charge is 0.479 e. The Bertz CT molecular complexity index is 272. The lowest BCUT2D eigenvalue weighted by molar-refractivity contribution is -0.151. The summed E-state index contributed by atoms with van der Waals surface area (Å²) in [7, 11) is 0. The van der Waals surface area contributed by atoms with Gasteiger partial charge in [0.1, 0.15) is 6.10 Å². The van der Waals surface area contributed by atoms with E-state index in [0.717, 1.165) is 18.6 Å². The van der Waals surface area contributed by atoms with Crippen LogP contribution >= 0.6 is 11.8 Å². The molecule has 1 saturated heterocycles. The third-order valence-electron chi connectivity index (χ3n) is 2.66. The zero-order valence-electron chi connectivity index (χ0n) is 9.98. The van der Waals surface area contributed by atoms with E-state index in [2.05, 4.69) is 11.6 Å². The van der Waals surface area contributed by atoms with Crippen molar-refractivity contribution < 1.29 is 19.4 Å². The van der Waals surface area contributed by atoms with Crippen LogP contribution in [0.25, 0.3) is 0 Å². The molecule has 0 aromatic rings. The van der Waals surface area contributed by atoms with Gasteiger partial charge in [-0.05, 0) is 37.7 Å². The van der Waals surface area contributed by atoms with E-state index in [1.807, 2.05) is 0 Å². The Morgan fingerprint density at radius 2 is 2.06 bits per heavy atom. The van der Waals surface area contributed by atoms with Crippen LogP contribution in [0.5, 0.6) is 0 Å². The summed E-state index contributed by atoms with van der Waals surface area (Å²) >= 11 is 1.79. The minimum Gasteiger partial charge on any atom is -0.479 e. The minimum absolute atomic E-state index is 0.182. The third kappa shape index (κ3) is 4.95. The second kappa shape index (κ2) is 7.55. The standard InChI is InChI=1S/C11H19NO4S/c1-17-7-3-2-6-12-10(13)8-4-5-9(16-8)11(14)15/h8-9H,2-7H2,1H3,(H,12,13)(H,14,15)/t8-,9+/m0/s1. The summed E-state index contributed by atoms with van der Waals surface area (Å²) in [4.78, 5) is 22.3. The monoisotopic (exact) mass is 261 g/mol. The number of carboxylic acids is 1. The maximum Gasteiger partial charge on any atom is 0.332 e. The highest BCUT2D eigenvalue weighted by molar-refractivity contribution is 7.98. The van der Waals surface area contributed by atoms with Crippen molar-refractivity contribution >= 4 is 23.6 Å². The molecule has 0 aromatic heterocycles. The Balaban J connectivity index is 2.14. The fourth-order valence-electron chi connectivity index (χ4n) is 1.71. The van der Waals surface area contributed by atoms with Crippen molar-refractivity contribution in [3.63, 3.8) is 0 Å². The first-order valence-electron chi connectivity index (χ1n) is 5.80. The van der Waals surface area contributed by atoms with E-state index < -0.39 is 18.2 Å². The average Bonchev–Trinajstić information content (AvgIpc) is 2.78. The zero-order chi connectivity index (χ0) is 12.7. The van der Waals surface area contributed by atoms with Crippen molar-refractivity contribution in [1.82, 2.24) is 5.32 Å². The van der Waals surface area contributed by atoms with Crippen molar-refractivity contribution in [3.05, 3.63) is 0 Å². The molecule has 5 nitrogen and oxygen atoms in total. The predicted molar refractivity (Wildman–Crippen MR) is 66.2 cm³/mol. The molecule has 0 bridgehead atoms. The topological polar surface area (TPSA) is 75.6 Å². The predicted octanol–water partition coefficient (Wildman–Crippen LogP) is 0.878. The Kier molecular flexibility index (Phi) is 6.36. The quantitative estimate of drug-likeness (QED) is 0.665. The number of carbonyl (C=O) groups is 2. The number of carboxylic acid groups (broad SMARTS) is 1. The highest BCUT2D eigenvalue weighted by Crippen LogP contribution is 2.19. The molecule has 0 spiro atoms. The number of nitrogens with one attached hydrogen (secondary N) is 1. The molecule has 0 aromatic carbocycles. The van der Waals surface area contributed by atoms with Gasteiger partial charge in [0, 0.05) is 6.54 Å². The zero-order valence-corrected chi connectivity index (χ0v) is 10.8. The van der Waals surface area contributed by atoms with Gasteiger partial charge in [-0.2, -0.15) is 11.8 Å². The molecular weight excluding hydrogens is 242 g/mol. The first-order chi connectivity index (χ1) is 8.15. The SMILES string of the molecule is CSCCCCNC(=O)[C@@H]1CC[C@H](C(=O)O)O1. The number of rotatable bonds is 7. The second-order valence-electron chi connectivity index (χ2n) is 4.02. The van der Waals surface area contributed by atoms with Gasteiger partial charge in [0.15, 0.2) is 6.10 Å². The van der Waals surface area contributed by atoms with Crippen molar-refractivity contribution in [3.8, 4) is 0 Å². The average molecular weight is 261 g/mol. The number of ether oxygens (including phenoxy) is 1. The van der Waals surface area contributed by atoms with Gasteiger partial charge in [-0.15, -0.1) is 0 Å². The van der Waals surface area contributed by atoms with E-state index in [1.54, 1.807) is 11.8 Å². The van der Waals surface area contributed by atoms with E-state index >= 15 is 0 Å². The maximum absolute atomic E-state index is 11.6. The number of aliphatic carboxylic acids is 1. The minimum atomic E-state index is -0.986. The normalized spacial score (nSPS) is 23.6. The Labute approximate surface area is 105 Å². The number of hydrogen-bond donors (Lipinski definition) is 2. The molecule has 2 atom stereocenters. The lowest BCUT2D eigenvalue weighted by Gasteiger charge is -2.11. The van der Waals surface area contributed by atoms with Gasteiger partial charge in [-0.1, -0.05) is 0 Å². The number of carbonyl (C=O) groups excluding carboxylic acids is 1. The molecule has 1 amide bonds. The van der Waals surface area contributed by atoms with Crippen LogP contribution in [0.2, 0.25) is 0 Å². The van der Waals surface area contributed by atoms with Crippen LogP contribution in [0, 0.1) is 0 Å². The molecule has 6 heteroatoms. The van der Waals surface area contributed by atoms with Crippen LogP contribution in [-0.4, -0.2) is 47.7 Å². The summed E-state index contributed by atoms with van der Waals surface area (Å²) in [5, 5.41) is 11.5. The number of unbranched alkanes of at least 4 members (excludes halogenated alkanes) is 1. The molecule has 1 heterocycles.